The molecule has 1 aromatic rings. The molecule has 6 heteroatoms. The lowest BCUT2D eigenvalue weighted by Gasteiger charge is -2.13. The van der Waals surface area contributed by atoms with Crippen molar-refractivity contribution in [1.82, 2.24) is 0 Å². The van der Waals surface area contributed by atoms with E-state index in [9.17, 15) is 4.79 Å². The first-order valence-electron chi connectivity index (χ1n) is 5.62. The monoisotopic (exact) mass is 274 g/mol. The molecule has 0 unspecified atom stereocenters. The van der Waals surface area contributed by atoms with Crippen LogP contribution >= 0.6 is 11.6 Å². The van der Waals surface area contributed by atoms with Crippen molar-refractivity contribution < 1.29 is 4.79 Å². The van der Waals surface area contributed by atoms with Crippen molar-refractivity contribution in [3.8, 4) is 6.07 Å². The van der Waals surface area contributed by atoms with Gasteiger partial charge in [-0.1, -0.05) is 23.7 Å². The number of nitrogens with two attached hydrogens (primary N) is 1. The van der Waals surface area contributed by atoms with Gasteiger partial charge in [0.25, 0.3) is 5.91 Å². The van der Waals surface area contributed by atoms with E-state index in [1.165, 1.54) is 6.08 Å². The van der Waals surface area contributed by atoms with E-state index in [-0.39, 0.29) is 5.57 Å². The van der Waals surface area contributed by atoms with Crippen LogP contribution in [0.4, 0.5) is 5.69 Å². The predicted octanol–water partition coefficient (Wildman–Crippen LogP) is 1.84. The van der Waals surface area contributed by atoms with Crippen LogP contribution in [0.15, 0.2) is 34.9 Å². The summed E-state index contributed by atoms with van der Waals surface area (Å²) >= 11 is 5.82. The minimum atomic E-state index is -0.734. The van der Waals surface area contributed by atoms with Gasteiger partial charge in [0.05, 0.1) is 5.69 Å². The van der Waals surface area contributed by atoms with E-state index >= 15 is 0 Å². The van der Waals surface area contributed by atoms with Gasteiger partial charge in [-0.3, -0.25) is 9.80 Å². The van der Waals surface area contributed by atoms with Gasteiger partial charge in [-0.25, -0.2) is 0 Å². The van der Waals surface area contributed by atoms with Crippen LogP contribution in [0.1, 0.15) is 12.0 Å². The molecule has 0 atom stereocenters. The lowest BCUT2D eigenvalue weighted by atomic mass is 10.1. The van der Waals surface area contributed by atoms with E-state index < -0.39 is 5.91 Å². The van der Waals surface area contributed by atoms with Gasteiger partial charge in [0, 0.05) is 13.0 Å². The predicted molar refractivity (Wildman–Crippen MR) is 74.5 cm³/mol. The zero-order valence-electron chi connectivity index (χ0n) is 10.0. The van der Waals surface area contributed by atoms with Crippen LogP contribution in [0.5, 0.6) is 0 Å². The van der Waals surface area contributed by atoms with Crippen LogP contribution in [0.25, 0.3) is 6.08 Å². The molecule has 0 radical (unpaired) electrons. The lowest BCUT2D eigenvalue weighted by molar-refractivity contribution is -0.114. The number of anilines is 1. The molecule has 96 valence electrons. The van der Waals surface area contributed by atoms with E-state index in [1.54, 1.807) is 23.2 Å². The smallest absolute Gasteiger partial charge is 0.259 e. The van der Waals surface area contributed by atoms with Crippen LogP contribution in [-0.4, -0.2) is 17.6 Å². The van der Waals surface area contributed by atoms with Gasteiger partial charge >= 0.3 is 0 Å². The maximum atomic E-state index is 10.9. The summed E-state index contributed by atoms with van der Waals surface area (Å²) in [5, 5.41) is 15.3. The first kappa shape index (κ1) is 13.1. The maximum absolute atomic E-state index is 10.9. The third-order valence-electron chi connectivity index (χ3n) is 2.65. The average molecular weight is 275 g/mol. The number of nitrogens with zero attached hydrogens (tertiary/aromatic N) is 3. The fraction of sp³-hybridized carbons (Fsp3) is 0.154. The SMILES string of the molecule is N#C/C(=C/c1ccc(N2CCC(Cl)=N2)cc1)C(N)=O. The second-order valence-electron chi connectivity index (χ2n) is 3.98. The second-order valence-corrected chi connectivity index (χ2v) is 4.41. The zero-order chi connectivity index (χ0) is 13.8. The van der Waals surface area contributed by atoms with Gasteiger partial charge < -0.3 is 5.73 Å². The molecule has 0 aliphatic carbocycles. The average Bonchev–Trinajstić information content (AvgIpc) is 2.83. The molecule has 2 rings (SSSR count). The Morgan fingerprint density at radius 3 is 2.63 bits per heavy atom. The number of rotatable bonds is 3. The van der Waals surface area contributed by atoms with Crippen LogP contribution in [0.3, 0.4) is 0 Å². The number of hydrogen-bond acceptors (Lipinski definition) is 4. The first-order valence-corrected chi connectivity index (χ1v) is 6.00. The molecule has 19 heavy (non-hydrogen) atoms. The van der Waals surface area contributed by atoms with Crippen molar-refractivity contribution in [3.63, 3.8) is 0 Å². The van der Waals surface area contributed by atoms with Crippen molar-refractivity contribution in [1.29, 1.82) is 5.26 Å². The number of carbonyl (C=O) groups is 1. The Labute approximate surface area is 115 Å². The first-order chi connectivity index (χ1) is 9.10. The number of hydrogen-bond donors (Lipinski definition) is 1. The molecule has 1 amide bonds. The van der Waals surface area contributed by atoms with Gasteiger partial charge in [0.1, 0.15) is 16.8 Å². The van der Waals surface area contributed by atoms with Crippen molar-refractivity contribution in [2.45, 2.75) is 6.42 Å². The second kappa shape index (κ2) is 5.55. The maximum Gasteiger partial charge on any atom is 0.259 e. The molecule has 0 spiro atoms. The summed E-state index contributed by atoms with van der Waals surface area (Å²) in [7, 11) is 0. The van der Waals surface area contributed by atoms with E-state index in [4.69, 9.17) is 22.6 Å². The highest BCUT2D eigenvalue weighted by atomic mass is 35.5. The van der Waals surface area contributed by atoms with Crippen LogP contribution < -0.4 is 10.7 Å². The molecule has 2 N–H and O–H groups in total. The molecular formula is C13H11ClN4O. The summed E-state index contributed by atoms with van der Waals surface area (Å²) in [6, 6.07) is 9.04. The van der Waals surface area contributed by atoms with E-state index in [0.29, 0.717) is 5.17 Å². The molecular weight excluding hydrogens is 264 g/mol. The highest BCUT2D eigenvalue weighted by molar-refractivity contribution is 6.65. The Morgan fingerprint density at radius 1 is 1.47 bits per heavy atom. The van der Waals surface area contributed by atoms with Crippen molar-refractivity contribution in [3.05, 3.63) is 35.4 Å². The topological polar surface area (TPSA) is 82.5 Å². The van der Waals surface area contributed by atoms with Gasteiger partial charge in [-0.2, -0.15) is 10.4 Å². The number of primary amides is 1. The molecule has 0 saturated carbocycles. The number of amides is 1. The third kappa shape index (κ3) is 3.12. The third-order valence-corrected chi connectivity index (χ3v) is 2.91. The Balaban J connectivity index is 2.20. The fourth-order valence-electron chi connectivity index (χ4n) is 1.68. The molecule has 0 fully saturated rings. The fourth-order valence-corrected chi connectivity index (χ4v) is 1.86. The summed E-state index contributed by atoms with van der Waals surface area (Å²) in [5.74, 6) is -0.734. The van der Waals surface area contributed by atoms with Gasteiger partial charge in [0.15, 0.2) is 0 Å². The summed E-state index contributed by atoms with van der Waals surface area (Å²) in [5.41, 5.74) is 6.63. The molecule has 1 heterocycles. The van der Waals surface area contributed by atoms with E-state index in [2.05, 4.69) is 5.10 Å². The molecule has 1 aromatic carbocycles. The highest BCUT2D eigenvalue weighted by Crippen LogP contribution is 2.21. The number of benzene rings is 1. The number of nitriles is 1. The van der Waals surface area contributed by atoms with Crippen molar-refractivity contribution >= 4 is 34.4 Å². The summed E-state index contributed by atoms with van der Waals surface area (Å²) in [6.07, 6.45) is 2.19. The van der Waals surface area contributed by atoms with Crippen LogP contribution in [0, 0.1) is 11.3 Å². The van der Waals surface area contributed by atoms with Gasteiger partial charge in [-0.15, -0.1) is 0 Å². The molecule has 0 bridgehead atoms. The highest BCUT2D eigenvalue weighted by Gasteiger charge is 2.13. The molecule has 0 saturated heterocycles. The Hall–Kier alpha value is -2.32. The summed E-state index contributed by atoms with van der Waals surface area (Å²) in [6.45, 7) is 0.749. The quantitative estimate of drug-likeness (QED) is 0.674. The number of halogens is 1. The lowest BCUT2D eigenvalue weighted by Crippen LogP contribution is -2.12. The number of hydrazone groups is 1. The normalized spacial score (nSPS) is 15.1. The van der Waals surface area contributed by atoms with Crippen LogP contribution in [0.2, 0.25) is 0 Å². The summed E-state index contributed by atoms with van der Waals surface area (Å²) < 4.78 is 0. The minimum absolute atomic E-state index is 0.0741. The minimum Gasteiger partial charge on any atom is -0.365 e. The van der Waals surface area contributed by atoms with E-state index in [0.717, 1.165) is 24.2 Å². The Kier molecular flexibility index (Phi) is 3.83. The van der Waals surface area contributed by atoms with E-state index in [1.807, 2.05) is 12.1 Å². The van der Waals surface area contributed by atoms with Crippen molar-refractivity contribution in [2.24, 2.45) is 10.8 Å². The van der Waals surface area contributed by atoms with Gasteiger partial charge in [-0.05, 0) is 23.8 Å². The summed E-state index contributed by atoms with van der Waals surface area (Å²) in [4.78, 5) is 10.9. The molecule has 1 aliphatic heterocycles. The molecule has 5 nitrogen and oxygen atoms in total. The molecule has 0 aromatic heterocycles. The standard InChI is InChI=1S/C13H11ClN4O/c14-12-5-6-18(17-12)11-3-1-9(2-4-11)7-10(8-15)13(16)19/h1-4,7H,5-6H2,(H2,16,19)/b10-7-. The van der Waals surface area contributed by atoms with Gasteiger partial charge in [0.2, 0.25) is 0 Å². The Morgan fingerprint density at radius 2 is 2.16 bits per heavy atom. The van der Waals surface area contributed by atoms with Crippen molar-refractivity contribution in [2.75, 3.05) is 11.6 Å². The largest absolute Gasteiger partial charge is 0.365 e. The van der Waals surface area contributed by atoms with Crippen LogP contribution in [-0.2, 0) is 4.79 Å². The zero-order valence-corrected chi connectivity index (χ0v) is 10.8. The molecule has 1 aliphatic rings. The number of carbonyl (C=O) groups excluding carboxylic acids is 1. The Bertz CT molecular complexity index is 598.